The summed E-state index contributed by atoms with van der Waals surface area (Å²) < 4.78 is 5.85. The van der Waals surface area contributed by atoms with Gasteiger partial charge in [0.15, 0.2) is 0 Å². The van der Waals surface area contributed by atoms with Crippen molar-refractivity contribution in [2.75, 3.05) is 0 Å². The lowest BCUT2D eigenvalue weighted by atomic mass is 9.87. The summed E-state index contributed by atoms with van der Waals surface area (Å²) in [5.74, 6) is 5.87. The Bertz CT molecular complexity index is 417. The summed E-state index contributed by atoms with van der Waals surface area (Å²) in [6.45, 7) is 0. The van der Waals surface area contributed by atoms with Crippen molar-refractivity contribution in [1.29, 1.82) is 0 Å². The zero-order chi connectivity index (χ0) is 13.0. The molecule has 1 aliphatic carbocycles. The first-order valence-electron chi connectivity index (χ1n) is 6.11. The molecule has 4 nitrogen and oxygen atoms in total. The Balaban J connectivity index is 1.85. The molecule has 0 heterocycles. The summed E-state index contributed by atoms with van der Waals surface area (Å²) in [5, 5.41) is 0.670. The molecule has 1 saturated carbocycles. The first-order valence-corrected chi connectivity index (χ1v) is 6.49. The summed E-state index contributed by atoms with van der Waals surface area (Å²) in [6, 6.07) is 7.38. The van der Waals surface area contributed by atoms with Gasteiger partial charge in [-0.25, -0.2) is 5.84 Å². The predicted octanol–water partition coefficient (Wildman–Crippen LogP) is 2.27. The maximum atomic E-state index is 11.4. The van der Waals surface area contributed by atoms with Crippen molar-refractivity contribution >= 4 is 17.5 Å². The fourth-order valence-corrected chi connectivity index (χ4v) is 2.47. The monoisotopic (exact) mass is 268 g/mol. The highest BCUT2D eigenvalue weighted by Gasteiger charge is 2.26. The van der Waals surface area contributed by atoms with E-state index in [1.54, 1.807) is 6.07 Å². The van der Waals surface area contributed by atoms with Crippen LogP contribution >= 0.6 is 11.6 Å². The molecule has 1 fully saturated rings. The van der Waals surface area contributed by atoms with Crippen molar-refractivity contribution in [3.63, 3.8) is 0 Å². The van der Waals surface area contributed by atoms with Gasteiger partial charge in [0.2, 0.25) is 5.91 Å². The molecule has 0 saturated heterocycles. The highest BCUT2D eigenvalue weighted by molar-refractivity contribution is 6.30. The zero-order valence-corrected chi connectivity index (χ0v) is 10.8. The van der Waals surface area contributed by atoms with Crippen LogP contribution in [0.5, 0.6) is 5.75 Å². The van der Waals surface area contributed by atoms with Gasteiger partial charge in [0, 0.05) is 10.9 Å². The molecule has 0 atom stereocenters. The number of hydrogen-bond donors (Lipinski definition) is 2. The van der Waals surface area contributed by atoms with Crippen molar-refractivity contribution in [3.05, 3.63) is 29.3 Å². The molecule has 1 aliphatic rings. The Morgan fingerprint density at radius 2 is 2.06 bits per heavy atom. The fraction of sp³-hybridized carbons (Fsp3) is 0.462. The first kappa shape index (κ1) is 13.2. The van der Waals surface area contributed by atoms with Crippen LogP contribution in [0.4, 0.5) is 0 Å². The number of halogens is 1. The van der Waals surface area contributed by atoms with E-state index in [2.05, 4.69) is 5.43 Å². The van der Waals surface area contributed by atoms with Crippen molar-refractivity contribution in [2.24, 2.45) is 11.8 Å². The lowest BCUT2D eigenvalue weighted by Crippen LogP contribution is -2.38. The molecule has 0 bridgehead atoms. The number of hydrogen-bond acceptors (Lipinski definition) is 3. The van der Waals surface area contributed by atoms with Crippen molar-refractivity contribution in [3.8, 4) is 5.75 Å². The fourth-order valence-electron chi connectivity index (χ4n) is 2.29. The molecule has 1 amide bonds. The summed E-state index contributed by atoms with van der Waals surface area (Å²) in [7, 11) is 0. The lowest BCUT2D eigenvalue weighted by molar-refractivity contribution is -0.126. The lowest BCUT2D eigenvalue weighted by Gasteiger charge is -2.27. The van der Waals surface area contributed by atoms with Crippen LogP contribution in [0.2, 0.25) is 5.02 Å². The number of ether oxygens (including phenoxy) is 1. The SMILES string of the molecule is NNC(=O)C1CCC(Oc2cccc(Cl)c2)CC1. The number of nitrogens with two attached hydrogens (primary N) is 1. The molecule has 1 aromatic carbocycles. The summed E-state index contributed by atoms with van der Waals surface area (Å²) in [5.41, 5.74) is 2.21. The number of rotatable bonds is 3. The summed E-state index contributed by atoms with van der Waals surface area (Å²) in [4.78, 5) is 11.4. The highest BCUT2D eigenvalue weighted by atomic mass is 35.5. The van der Waals surface area contributed by atoms with Gasteiger partial charge in [-0.1, -0.05) is 17.7 Å². The van der Waals surface area contributed by atoms with Gasteiger partial charge in [0.05, 0.1) is 6.10 Å². The second kappa shape index (κ2) is 6.07. The number of carbonyl (C=O) groups excluding carboxylic acids is 1. The van der Waals surface area contributed by atoms with Gasteiger partial charge in [-0.05, 0) is 43.9 Å². The second-order valence-corrected chi connectivity index (χ2v) is 4.99. The Kier molecular flexibility index (Phi) is 4.44. The molecule has 3 N–H and O–H groups in total. The third kappa shape index (κ3) is 3.37. The Morgan fingerprint density at radius 3 is 2.67 bits per heavy atom. The van der Waals surface area contributed by atoms with Gasteiger partial charge in [-0.15, -0.1) is 0 Å². The minimum atomic E-state index is -0.0730. The molecule has 98 valence electrons. The molecule has 0 unspecified atom stereocenters. The van der Waals surface area contributed by atoms with Crippen LogP contribution in [0, 0.1) is 5.92 Å². The Hall–Kier alpha value is -1.26. The van der Waals surface area contributed by atoms with E-state index < -0.39 is 0 Å². The second-order valence-electron chi connectivity index (χ2n) is 4.56. The van der Waals surface area contributed by atoms with Crippen LogP contribution in [0.1, 0.15) is 25.7 Å². The van der Waals surface area contributed by atoms with Gasteiger partial charge >= 0.3 is 0 Å². The normalized spacial score (nSPS) is 23.4. The number of carbonyl (C=O) groups is 1. The van der Waals surface area contributed by atoms with Crippen LogP contribution in [0.15, 0.2) is 24.3 Å². The molecule has 0 spiro atoms. The van der Waals surface area contributed by atoms with Crippen molar-refractivity contribution in [2.45, 2.75) is 31.8 Å². The van der Waals surface area contributed by atoms with Crippen LogP contribution in [0.3, 0.4) is 0 Å². The van der Waals surface area contributed by atoms with E-state index in [1.807, 2.05) is 18.2 Å². The average Bonchev–Trinajstić information content (AvgIpc) is 2.39. The Morgan fingerprint density at radius 1 is 1.33 bits per heavy atom. The van der Waals surface area contributed by atoms with E-state index in [0.29, 0.717) is 5.02 Å². The van der Waals surface area contributed by atoms with E-state index >= 15 is 0 Å². The van der Waals surface area contributed by atoms with Gasteiger partial charge in [-0.2, -0.15) is 0 Å². The molecular formula is C13H17ClN2O2. The van der Waals surface area contributed by atoms with E-state index in [4.69, 9.17) is 22.2 Å². The van der Waals surface area contributed by atoms with Crippen LogP contribution < -0.4 is 16.0 Å². The molecule has 0 aromatic heterocycles. The summed E-state index contributed by atoms with van der Waals surface area (Å²) >= 11 is 5.90. The maximum absolute atomic E-state index is 11.4. The van der Waals surface area contributed by atoms with Gasteiger partial charge in [-0.3, -0.25) is 10.2 Å². The van der Waals surface area contributed by atoms with Crippen LogP contribution in [0.25, 0.3) is 0 Å². The molecule has 0 aliphatic heterocycles. The van der Waals surface area contributed by atoms with Crippen LogP contribution in [-0.2, 0) is 4.79 Å². The Labute approximate surface area is 111 Å². The number of benzene rings is 1. The van der Waals surface area contributed by atoms with Gasteiger partial charge in [0.25, 0.3) is 0 Å². The van der Waals surface area contributed by atoms with E-state index in [1.165, 1.54) is 0 Å². The minimum Gasteiger partial charge on any atom is -0.490 e. The van der Waals surface area contributed by atoms with Crippen LogP contribution in [-0.4, -0.2) is 12.0 Å². The average molecular weight is 269 g/mol. The molecule has 0 radical (unpaired) electrons. The van der Waals surface area contributed by atoms with E-state index in [9.17, 15) is 4.79 Å². The van der Waals surface area contributed by atoms with Crippen molar-refractivity contribution in [1.82, 2.24) is 5.43 Å². The number of amides is 1. The smallest absolute Gasteiger partial charge is 0.236 e. The van der Waals surface area contributed by atoms with Crippen molar-refractivity contribution < 1.29 is 9.53 Å². The number of hydrazine groups is 1. The predicted molar refractivity (Wildman–Crippen MR) is 70.2 cm³/mol. The zero-order valence-electron chi connectivity index (χ0n) is 10.1. The molecule has 5 heteroatoms. The molecular weight excluding hydrogens is 252 g/mol. The molecule has 1 aromatic rings. The molecule has 2 rings (SSSR count). The minimum absolute atomic E-state index is 0.0224. The first-order chi connectivity index (χ1) is 8.69. The maximum Gasteiger partial charge on any atom is 0.236 e. The number of nitrogens with one attached hydrogen (secondary N) is 1. The van der Waals surface area contributed by atoms with Gasteiger partial charge in [0.1, 0.15) is 5.75 Å². The van der Waals surface area contributed by atoms with E-state index in [0.717, 1.165) is 31.4 Å². The van der Waals surface area contributed by atoms with Gasteiger partial charge < -0.3 is 4.74 Å². The largest absolute Gasteiger partial charge is 0.490 e. The third-order valence-electron chi connectivity index (χ3n) is 3.29. The third-order valence-corrected chi connectivity index (χ3v) is 3.52. The molecule has 18 heavy (non-hydrogen) atoms. The topological polar surface area (TPSA) is 64.3 Å². The quantitative estimate of drug-likeness (QED) is 0.502. The summed E-state index contributed by atoms with van der Waals surface area (Å²) in [6.07, 6.45) is 3.52. The highest BCUT2D eigenvalue weighted by Crippen LogP contribution is 2.28. The standard InChI is InChI=1S/C13H17ClN2O2/c14-10-2-1-3-12(8-10)18-11-6-4-9(5-7-11)13(17)16-15/h1-3,8-9,11H,4-7,15H2,(H,16,17). The van der Waals surface area contributed by atoms with E-state index in [-0.39, 0.29) is 17.9 Å².